The Morgan fingerprint density at radius 3 is 2.33 bits per heavy atom. The highest BCUT2D eigenvalue weighted by Crippen LogP contribution is 2.36. The van der Waals surface area contributed by atoms with Crippen molar-refractivity contribution in [2.45, 2.75) is 6.18 Å². The summed E-state index contributed by atoms with van der Waals surface area (Å²) in [6, 6.07) is 4.04. The highest BCUT2D eigenvalue weighted by Gasteiger charge is 2.29. The Hall–Kier alpha value is -2.39. The molecule has 0 atom stereocenters. The molecule has 0 aliphatic rings. The maximum absolute atomic E-state index is 12.4. The summed E-state index contributed by atoms with van der Waals surface area (Å²) < 4.78 is 51.3. The highest BCUT2D eigenvalue weighted by molar-refractivity contribution is 6.32. The third kappa shape index (κ3) is 5.54. The lowest BCUT2D eigenvalue weighted by molar-refractivity contribution is -0.154. The number of halogens is 5. The standard InChI is InChI=1S/C16H13Cl2F3N2O4/c1-25-12-5-11(13(26-2)4-9(12)17)23-14(24)8-3-10(18)15(22-6-8)27-7-16(19,20)21/h3-6H,7H2,1-2H3,(H,23,24). The first-order valence-corrected chi connectivity index (χ1v) is 7.98. The third-order valence-electron chi connectivity index (χ3n) is 3.16. The van der Waals surface area contributed by atoms with Crippen LogP contribution in [0.1, 0.15) is 10.4 Å². The second-order valence-corrected chi connectivity index (χ2v) is 5.87. The Labute approximate surface area is 162 Å². The molecular weight excluding hydrogens is 412 g/mol. The van der Waals surface area contributed by atoms with Crippen molar-refractivity contribution >= 4 is 34.8 Å². The van der Waals surface area contributed by atoms with Gasteiger partial charge in [0.25, 0.3) is 5.91 Å². The molecule has 1 aromatic heterocycles. The van der Waals surface area contributed by atoms with Crippen LogP contribution in [0.5, 0.6) is 17.4 Å². The van der Waals surface area contributed by atoms with Crippen LogP contribution in [0, 0.1) is 0 Å². The first-order chi connectivity index (χ1) is 12.6. The van der Waals surface area contributed by atoms with Crippen LogP contribution in [-0.4, -0.2) is 37.9 Å². The minimum atomic E-state index is -4.54. The predicted octanol–water partition coefficient (Wildman–Crippen LogP) is 4.60. The monoisotopic (exact) mass is 424 g/mol. The summed E-state index contributed by atoms with van der Waals surface area (Å²) >= 11 is 11.8. The van der Waals surface area contributed by atoms with Crippen molar-refractivity contribution in [2.75, 3.05) is 26.1 Å². The molecule has 1 aromatic carbocycles. The van der Waals surface area contributed by atoms with Gasteiger partial charge in [0, 0.05) is 18.3 Å². The molecule has 0 spiro atoms. The molecule has 1 amide bonds. The summed E-state index contributed by atoms with van der Waals surface area (Å²) in [5.74, 6) is -0.483. The van der Waals surface area contributed by atoms with Gasteiger partial charge in [-0.15, -0.1) is 0 Å². The van der Waals surface area contributed by atoms with Crippen LogP contribution in [-0.2, 0) is 0 Å². The van der Waals surface area contributed by atoms with Gasteiger partial charge >= 0.3 is 6.18 Å². The summed E-state index contributed by atoms with van der Waals surface area (Å²) in [5, 5.41) is 2.60. The van der Waals surface area contributed by atoms with Crippen molar-refractivity contribution in [3.8, 4) is 17.4 Å². The number of anilines is 1. The zero-order chi connectivity index (χ0) is 20.2. The lowest BCUT2D eigenvalue weighted by atomic mass is 10.2. The fourth-order valence-electron chi connectivity index (χ4n) is 1.96. The lowest BCUT2D eigenvalue weighted by Gasteiger charge is -2.14. The molecule has 2 rings (SSSR count). The molecule has 0 fully saturated rings. The molecule has 2 aromatic rings. The lowest BCUT2D eigenvalue weighted by Crippen LogP contribution is -2.20. The van der Waals surface area contributed by atoms with E-state index >= 15 is 0 Å². The Morgan fingerprint density at radius 1 is 1.11 bits per heavy atom. The zero-order valence-electron chi connectivity index (χ0n) is 14.0. The van der Waals surface area contributed by atoms with Crippen molar-refractivity contribution in [3.63, 3.8) is 0 Å². The van der Waals surface area contributed by atoms with Crippen LogP contribution in [0.3, 0.4) is 0 Å². The maximum Gasteiger partial charge on any atom is 0.422 e. The molecule has 0 aliphatic carbocycles. The van der Waals surface area contributed by atoms with Gasteiger partial charge in [-0.25, -0.2) is 4.98 Å². The average molecular weight is 425 g/mol. The fourth-order valence-corrected chi connectivity index (χ4v) is 2.41. The van der Waals surface area contributed by atoms with Crippen LogP contribution in [0.15, 0.2) is 24.4 Å². The number of benzene rings is 1. The van der Waals surface area contributed by atoms with E-state index in [9.17, 15) is 18.0 Å². The Kier molecular flexibility index (Phi) is 6.61. The SMILES string of the molecule is COc1cc(NC(=O)c2cnc(OCC(F)(F)F)c(Cl)c2)c(OC)cc1Cl. The number of aromatic nitrogens is 1. The van der Waals surface area contributed by atoms with E-state index in [4.69, 9.17) is 32.7 Å². The van der Waals surface area contributed by atoms with Crippen LogP contribution < -0.4 is 19.5 Å². The number of methoxy groups -OCH3 is 2. The van der Waals surface area contributed by atoms with Crippen LogP contribution >= 0.6 is 23.2 Å². The fraction of sp³-hybridized carbons (Fsp3) is 0.250. The van der Waals surface area contributed by atoms with Gasteiger partial charge in [-0.2, -0.15) is 13.2 Å². The van der Waals surface area contributed by atoms with Gasteiger partial charge in [-0.1, -0.05) is 23.2 Å². The van der Waals surface area contributed by atoms with E-state index in [0.717, 1.165) is 12.3 Å². The number of alkyl halides is 3. The van der Waals surface area contributed by atoms with Gasteiger partial charge in [-0.3, -0.25) is 4.79 Å². The first-order valence-electron chi connectivity index (χ1n) is 7.22. The van der Waals surface area contributed by atoms with Crippen molar-refractivity contribution in [2.24, 2.45) is 0 Å². The Morgan fingerprint density at radius 2 is 1.78 bits per heavy atom. The highest BCUT2D eigenvalue weighted by atomic mass is 35.5. The zero-order valence-corrected chi connectivity index (χ0v) is 15.5. The molecule has 1 N–H and O–H groups in total. The summed E-state index contributed by atoms with van der Waals surface area (Å²) in [4.78, 5) is 16.0. The van der Waals surface area contributed by atoms with E-state index in [1.807, 2.05) is 0 Å². The number of rotatable bonds is 6. The number of carbonyl (C=O) groups excluding carboxylic acids is 1. The van der Waals surface area contributed by atoms with Gasteiger partial charge in [-0.05, 0) is 6.07 Å². The van der Waals surface area contributed by atoms with Gasteiger partial charge in [0.15, 0.2) is 6.61 Å². The van der Waals surface area contributed by atoms with Crippen molar-refractivity contribution in [1.82, 2.24) is 4.98 Å². The van der Waals surface area contributed by atoms with E-state index in [-0.39, 0.29) is 27.0 Å². The molecular formula is C16H13Cl2F3N2O4. The summed E-state index contributed by atoms with van der Waals surface area (Å²) in [5.41, 5.74) is 0.257. The summed E-state index contributed by atoms with van der Waals surface area (Å²) in [7, 11) is 2.79. The topological polar surface area (TPSA) is 69.7 Å². The normalized spacial score (nSPS) is 11.1. The molecule has 0 saturated heterocycles. The number of pyridine rings is 1. The molecule has 0 bridgehead atoms. The summed E-state index contributed by atoms with van der Waals surface area (Å²) in [6.45, 7) is -1.55. The van der Waals surface area contributed by atoms with Gasteiger partial charge in [0.1, 0.15) is 16.5 Å². The van der Waals surface area contributed by atoms with E-state index in [0.29, 0.717) is 5.75 Å². The molecule has 0 unspecified atom stereocenters. The average Bonchev–Trinajstić information content (AvgIpc) is 2.60. The maximum atomic E-state index is 12.4. The number of nitrogens with zero attached hydrogens (tertiary/aromatic N) is 1. The predicted molar refractivity (Wildman–Crippen MR) is 93.3 cm³/mol. The Bertz CT molecular complexity index is 847. The van der Waals surface area contributed by atoms with Crippen molar-refractivity contribution in [3.05, 3.63) is 40.0 Å². The minimum absolute atomic E-state index is 0.00433. The molecule has 0 radical (unpaired) electrons. The largest absolute Gasteiger partial charge is 0.495 e. The molecule has 6 nitrogen and oxygen atoms in total. The number of hydrogen-bond acceptors (Lipinski definition) is 5. The molecule has 146 valence electrons. The molecule has 1 heterocycles. The van der Waals surface area contributed by atoms with E-state index in [1.54, 1.807) is 0 Å². The number of amides is 1. The number of nitrogens with one attached hydrogen (secondary N) is 1. The third-order valence-corrected chi connectivity index (χ3v) is 3.73. The summed E-state index contributed by atoms with van der Waals surface area (Å²) in [6.07, 6.45) is -3.50. The van der Waals surface area contributed by atoms with E-state index < -0.39 is 24.6 Å². The van der Waals surface area contributed by atoms with Crippen LogP contribution in [0.25, 0.3) is 0 Å². The first kappa shape index (κ1) is 20.9. The molecule has 0 aliphatic heterocycles. The second kappa shape index (κ2) is 8.53. The Balaban J connectivity index is 2.20. The van der Waals surface area contributed by atoms with Crippen LogP contribution in [0.2, 0.25) is 10.0 Å². The number of carbonyl (C=O) groups is 1. The van der Waals surface area contributed by atoms with Crippen LogP contribution in [0.4, 0.5) is 18.9 Å². The van der Waals surface area contributed by atoms with Crippen molar-refractivity contribution in [1.29, 1.82) is 0 Å². The van der Waals surface area contributed by atoms with Gasteiger partial charge in [0.2, 0.25) is 5.88 Å². The quantitative estimate of drug-likeness (QED) is 0.733. The molecule has 0 saturated carbocycles. The smallest absolute Gasteiger partial charge is 0.422 e. The number of hydrogen-bond donors (Lipinski definition) is 1. The van der Waals surface area contributed by atoms with Crippen molar-refractivity contribution < 1.29 is 32.2 Å². The second-order valence-electron chi connectivity index (χ2n) is 5.06. The van der Waals surface area contributed by atoms with Gasteiger partial charge < -0.3 is 19.5 Å². The minimum Gasteiger partial charge on any atom is -0.495 e. The molecule has 27 heavy (non-hydrogen) atoms. The van der Waals surface area contributed by atoms with E-state index in [1.165, 1.54) is 26.4 Å². The number of ether oxygens (including phenoxy) is 3. The van der Waals surface area contributed by atoms with Gasteiger partial charge in [0.05, 0.1) is 30.5 Å². The molecule has 11 heteroatoms. The van der Waals surface area contributed by atoms with E-state index in [2.05, 4.69) is 15.0 Å².